The molecule has 0 aliphatic heterocycles. The van der Waals surface area contributed by atoms with E-state index in [0.29, 0.717) is 24.1 Å². The summed E-state index contributed by atoms with van der Waals surface area (Å²) < 4.78 is 0. The largest absolute Gasteiger partial charge is 0.377 e. The lowest BCUT2D eigenvalue weighted by Gasteiger charge is -2.29. The third-order valence-corrected chi connectivity index (χ3v) is 3.73. The smallest absolute Gasteiger partial charge is 0.224 e. The summed E-state index contributed by atoms with van der Waals surface area (Å²) >= 11 is 0. The number of ketones is 2. The average Bonchev–Trinajstić information content (AvgIpc) is 2.58. The fraction of sp³-hybridized carbons (Fsp3) is 0.211. The predicted octanol–water partition coefficient (Wildman–Crippen LogP) is 2.48. The van der Waals surface area contributed by atoms with E-state index in [-0.39, 0.29) is 35.4 Å². The van der Waals surface area contributed by atoms with E-state index in [1.54, 1.807) is 36.4 Å². The monoisotopic (exact) mass is 324 g/mol. The third kappa shape index (κ3) is 3.20. The maximum atomic E-state index is 12.9. The highest BCUT2D eigenvalue weighted by atomic mass is 16.2. The molecule has 0 fully saturated rings. The van der Waals surface area contributed by atoms with Crippen LogP contribution in [0.5, 0.6) is 0 Å². The SMILES string of the molecule is C=CCCN(C(C)=O)C1=C(NCC=C)C(=O)c2ccccc2C1=O. The Bertz CT molecular complexity index is 747. The number of fused-ring (bicyclic) bond motifs is 1. The molecular formula is C19H20N2O3. The van der Waals surface area contributed by atoms with Crippen molar-refractivity contribution in [3.8, 4) is 0 Å². The average molecular weight is 324 g/mol. The minimum Gasteiger partial charge on any atom is -0.377 e. The van der Waals surface area contributed by atoms with Gasteiger partial charge in [0.1, 0.15) is 11.4 Å². The Kier molecular flexibility index (Phi) is 5.47. The summed E-state index contributed by atoms with van der Waals surface area (Å²) in [6.07, 6.45) is 3.77. The molecule has 1 aliphatic rings. The Balaban J connectivity index is 2.61. The quantitative estimate of drug-likeness (QED) is 0.783. The van der Waals surface area contributed by atoms with Gasteiger partial charge in [-0.2, -0.15) is 0 Å². The third-order valence-electron chi connectivity index (χ3n) is 3.73. The molecule has 1 amide bonds. The van der Waals surface area contributed by atoms with Crippen LogP contribution in [0.3, 0.4) is 0 Å². The molecule has 0 aromatic heterocycles. The van der Waals surface area contributed by atoms with E-state index >= 15 is 0 Å². The first-order chi connectivity index (χ1) is 11.5. The molecule has 0 saturated heterocycles. The predicted molar refractivity (Wildman–Crippen MR) is 92.5 cm³/mol. The Hall–Kier alpha value is -2.95. The van der Waals surface area contributed by atoms with E-state index in [2.05, 4.69) is 18.5 Å². The number of Topliss-reactive ketones (excluding diaryl/α,β-unsaturated/α-hetero) is 2. The molecule has 1 aliphatic carbocycles. The number of carbonyl (C=O) groups excluding carboxylic acids is 3. The van der Waals surface area contributed by atoms with Crippen molar-refractivity contribution >= 4 is 17.5 Å². The Labute approximate surface area is 141 Å². The molecule has 1 N–H and O–H groups in total. The van der Waals surface area contributed by atoms with Gasteiger partial charge in [-0.3, -0.25) is 14.4 Å². The number of allylic oxidation sites excluding steroid dienone is 2. The van der Waals surface area contributed by atoms with Gasteiger partial charge in [-0.15, -0.1) is 13.2 Å². The van der Waals surface area contributed by atoms with Crippen LogP contribution in [-0.2, 0) is 4.79 Å². The van der Waals surface area contributed by atoms with E-state index < -0.39 is 0 Å². The van der Waals surface area contributed by atoms with Gasteiger partial charge in [0, 0.05) is 31.1 Å². The Morgan fingerprint density at radius 3 is 2.29 bits per heavy atom. The molecule has 0 unspecified atom stereocenters. The summed E-state index contributed by atoms with van der Waals surface area (Å²) in [5.41, 5.74) is 0.879. The number of carbonyl (C=O) groups is 3. The fourth-order valence-corrected chi connectivity index (χ4v) is 2.61. The van der Waals surface area contributed by atoms with Crippen molar-refractivity contribution in [1.29, 1.82) is 0 Å². The molecule has 24 heavy (non-hydrogen) atoms. The van der Waals surface area contributed by atoms with E-state index in [1.807, 2.05) is 0 Å². The summed E-state index contributed by atoms with van der Waals surface area (Å²) in [4.78, 5) is 39.2. The van der Waals surface area contributed by atoms with Crippen molar-refractivity contribution in [3.05, 3.63) is 72.1 Å². The molecule has 1 aromatic rings. The van der Waals surface area contributed by atoms with Crippen LogP contribution in [0.1, 0.15) is 34.1 Å². The minimum atomic E-state index is -0.337. The molecule has 0 radical (unpaired) electrons. The second kappa shape index (κ2) is 7.55. The normalized spacial score (nSPS) is 13.4. The molecule has 5 heteroatoms. The summed E-state index contributed by atoms with van der Waals surface area (Å²) in [5.74, 6) is -0.937. The highest BCUT2D eigenvalue weighted by Crippen LogP contribution is 2.27. The van der Waals surface area contributed by atoms with Crippen LogP contribution in [0.4, 0.5) is 0 Å². The zero-order chi connectivity index (χ0) is 17.7. The van der Waals surface area contributed by atoms with Crippen LogP contribution in [-0.4, -0.2) is 35.5 Å². The lowest BCUT2D eigenvalue weighted by Crippen LogP contribution is -2.41. The number of rotatable bonds is 7. The van der Waals surface area contributed by atoms with Gasteiger partial charge in [0.15, 0.2) is 0 Å². The van der Waals surface area contributed by atoms with Crippen molar-refractivity contribution in [2.45, 2.75) is 13.3 Å². The zero-order valence-corrected chi connectivity index (χ0v) is 13.7. The van der Waals surface area contributed by atoms with Crippen LogP contribution in [0.2, 0.25) is 0 Å². The molecule has 124 valence electrons. The Morgan fingerprint density at radius 2 is 1.75 bits per heavy atom. The summed E-state index contributed by atoms with van der Waals surface area (Å²) in [6, 6.07) is 6.63. The Morgan fingerprint density at radius 1 is 1.12 bits per heavy atom. The van der Waals surface area contributed by atoms with Gasteiger partial charge in [-0.1, -0.05) is 36.4 Å². The van der Waals surface area contributed by atoms with Crippen molar-refractivity contribution in [3.63, 3.8) is 0 Å². The molecular weight excluding hydrogens is 304 g/mol. The number of hydrogen-bond donors (Lipinski definition) is 1. The number of amides is 1. The van der Waals surface area contributed by atoms with Gasteiger partial charge in [0.25, 0.3) is 0 Å². The molecule has 0 saturated carbocycles. The second-order valence-electron chi connectivity index (χ2n) is 5.35. The van der Waals surface area contributed by atoms with Crippen molar-refractivity contribution < 1.29 is 14.4 Å². The number of nitrogens with one attached hydrogen (secondary N) is 1. The lowest BCUT2D eigenvalue weighted by molar-refractivity contribution is -0.126. The van der Waals surface area contributed by atoms with E-state index in [1.165, 1.54) is 11.8 Å². The van der Waals surface area contributed by atoms with Gasteiger partial charge in [-0.25, -0.2) is 0 Å². The van der Waals surface area contributed by atoms with Crippen molar-refractivity contribution in [1.82, 2.24) is 10.2 Å². The van der Waals surface area contributed by atoms with Gasteiger partial charge in [0.2, 0.25) is 17.5 Å². The van der Waals surface area contributed by atoms with Gasteiger partial charge in [0.05, 0.1) is 0 Å². The lowest BCUT2D eigenvalue weighted by atomic mass is 9.89. The standard InChI is InChI=1S/C19H20N2O3/c1-4-6-12-21(13(3)22)17-16(20-11-5-2)18(23)14-9-7-8-10-15(14)19(17)24/h4-5,7-10,20H,1-2,6,11-12H2,3H3. The van der Waals surface area contributed by atoms with E-state index in [0.717, 1.165) is 0 Å². The molecule has 0 atom stereocenters. The van der Waals surface area contributed by atoms with E-state index in [9.17, 15) is 14.4 Å². The fourth-order valence-electron chi connectivity index (χ4n) is 2.61. The molecule has 2 rings (SSSR count). The van der Waals surface area contributed by atoms with Crippen LogP contribution in [0.25, 0.3) is 0 Å². The first-order valence-corrected chi connectivity index (χ1v) is 7.69. The summed E-state index contributed by atoms with van der Waals surface area (Å²) in [6.45, 7) is 9.23. The van der Waals surface area contributed by atoms with Crippen LogP contribution >= 0.6 is 0 Å². The highest BCUT2D eigenvalue weighted by molar-refractivity contribution is 6.27. The van der Waals surface area contributed by atoms with Crippen LogP contribution in [0.15, 0.2) is 61.0 Å². The number of hydrogen-bond acceptors (Lipinski definition) is 4. The molecule has 0 spiro atoms. The van der Waals surface area contributed by atoms with Crippen molar-refractivity contribution in [2.24, 2.45) is 0 Å². The topological polar surface area (TPSA) is 66.5 Å². The van der Waals surface area contributed by atoms with E-state index in [4.69, 9.17) is 0 Å². The second-order valence-corrected chi connectivity index (χ2v) is 5.35. The molecule has 5 nitrogen and oxygen atoms in total. The molecule has 0 bridgehead atoms. The summed E-state index contributed by atoms with van der Waals surface area (Å²) in [7, 11) is 0. The van der Waals surface area contributed by atoms with Crippen molar-refractivity contribution in [2.75, 3.05) is 13.1 Å². The molecule has 0 heterocycles. The number of benzene rings is 1. The maximum absolute atomic E-state index is 12.9. The first-order valence-electron chi connectivity index (χ1n) is 7.69. The maximum Gasteiger partial charge on any atom is 0.224 e. The van der Waals surface area contributed by atoms with Crippen LogP contribution < -0.4 is 5.32 Å². The highest BCUT2D eigenvalue weighted by Gasteiger charge is 2.35. The summed E-state index contributed by atoms with van der Waals surface area (Å²) in [5, 5.41) is 2.93. The first kappa shape index (κ1) is 17.4. The van der Waals surface area contributed by atoms with Gasteiger partial charge < -0.3 is 10.2 Å². The zero-order valence-electron chi connectivity index (χ0n) is 13.7. The van der Waals surface area contributed by atoms with Gasteiger partial charge in [-0.05, 0) is 6.42 Å². The molecule has 1 aromatic carbocycles. The van der Waals surface area contributed by atoms with Crippen LogP contribution in [0, 0.1) is 0 Å². The number of nitrogens with zero attached hydrogens (tertiary/aromatic N) is 1. The van der Waals surface area contributed by atoms with Gasteiger partial charge >= 0.3 is 0 Å². The minimum absolute atomic E-state index is 0.0925.